The van der Waals surface area contributed by atoms with Gasteiger partial charge in [0.05, 0.1) is 6.61 Å². The van der Waals surface area contributed by atoms with E-state index in [-0.39, 0.29) is 5.60 Å². The highest BCUT2D eigenvalue weighted by atomic mass is 16.5. The van der Waals surface area contributed by atoms with Crippen molar-refractivity contribution in [1.29, 1.82) is 0 Å². The van der Waals surface area contributed by atoms with E-state index in [1.807, 2.05) is 7.11 Å². The van der Waals surface area contributed by atoms with Crippen molar-refractivity contribution >= 4 is 0 Å². The largest absolute Gasteiger partial charge is 0.378 e. The third-order valence-electron chi connectivity index (χ3n) is 4.64. The molecule has 0 radical (unpaired) electrons. The summed E-state index contributed by atoms with van der Waals surface area (Å²) < 4.78 is 11.1. The molecule has 0 amide bonds. The molecule has 1 aliphatic carbocycles. The maximum absolute atomic E-state index is 5.64. The summed E-state index contributed by atoms with van der Waals surface area (Å²) in [6.07, 6.45) is 7.83. The van der Waals surface area contributed by atoms with Gasteiger partial charge in [-0.05, 0) is 31.6 Å². The van der Waals surface area contributed by atoms with Crippen LogP contribution < -0.4 is 5.32 Å². The monoisotopic (exact) mass is 241 g/mol. The van der Waals surface area contributed by atoms with E-state index in [0.29, 0.717) is 6.04 Å². The standard InChI is InChI=1S/C14H27NO2/c1-3-12-4-6-13(7-5-12)15-10-14(16-2)8-9-17-11-14/h12-13,15H,3-11H2,1-2H3. The molecule has 1 heterocycles. The van der Waals surface area contributed by atoms with Gasteiger partial charge in [-0.2, -0.15) is 0 Å². The Balaban J connectivity index is 1.71. The number of hydrogen-bond donors (Lipinski definition) is 1. The average molecular weight is 241 g/mol. The van der Waals surface area contributed by atoms with Crippen LogP contribution in [0, 0.1) is 5.92 Å². The third kappa shape index (κ3) is 3.43. The normalized spacial score (nSPS) is 38.5. The zero-order valence-electron chi connectivity index (χ0n) is 11.3. The summed E-state index contributed by atoms with van der Waals surface area (Å²) in [4.78, 5) is 0. The Morgan fingerprint density at radius 2 is 2.06 bits per heavy atom. The molecule has 0 spiro atoms. The van der Waals surface area contributed by atoms with E-state index in [4.69, 9.17) is 9.47 Å². The van der Waals surface area contributed by atoms with Crippen LogP contribution >= 0.6 is 0 Å². The van der Waals surface area contributed by atoms with Gasteiger partial charge in [0.15, 0.2) is 0 Å². The van der Waals surface area contributed by atoms with Gasteiger partial charge in [-0.15, -0.1) is 0 Å². The van der Waals surface area contributed by atoms with E-state index >= 15 is 0 Å². The number of hydrogen-bond acceptors (Lipinski definition) is 3. The molecule has 3 nitrogen and oxygen atoms in total. The first-order valence-electron chi connectivity index (χ1n) is 7.14. The van der Waals surface area contributed by atoms with Crippen molar-refractivity contribution < 1.29 is 9.47 Å². The van der Waals surface area contributed by atoms with Crippen molar-refractivity contribution in [3.63, 3.8) is 0 Å². The van der Waals surface area contributed by atoms with E-state index < -0.39 is 0 Å². The van der Waals surface area contributed by atoms with E-state index in [2.05, 4.69) is 12.2 Å². The van der Waals surface area contributed by atoms with E-state index in [1.165, 1.54) is 32.1 Å². The summed E-state index contributed by atoms with van der Waals surface area (Å²) in [6, 6.07) is 0.699. The van der Waals surface area contributed by atoms with Crippen LogP contribution in [0.1, 0.15) is 45.4 Å². The minimum atomic E-state index is -0.0540. The third-order valence-corrected chi connectivity index (χ3v) is 4.64. The van der Waals surface area contributed by atoms with Crippen LogP contribution in [-0.4, -0.2) is 38.5 Å². The summed E-state index contributed by atoms with van der Waals surface area (Å²) in [5, 5.41) is 3.69. The first-order valence-corrected chi connectivity index (χ1v) is 7.14. The van der Waals surface area contributed by atoms with Crippen LogP contribution in [-0.2, 0) is 9.47 Å². The van der Waals surface area contributed by atoms with Gasteiger partial charge in [-0.1, -0.05) is 13.3 Å². The van der Waals surface area contributed by atoms with Crippen molar-refractivity contribution in [2.24, 2.45) is 5.92 Å². The molecule has 2 rings (SSSR count). The fourth-order valence-corrected chi connectivity index (χ4v) is 3.07. The van der Waals surface area contributed by atoms with Gasteiger partial charge in [0.25, 0.3) is 0 Å². The Kier molecular flexibility index (Phi) is 4.83. The molecule has 0 bridgehead atoms. The highest BCUT2D eigenvalue weighted by Gasteiger charge is 2.35. The SMILES string of the molecule is CCC1CCC(NCC2(OC)CCOC2)CC1. The smallest absolute Gasteiger partial charge is 0.106 e. The van der Waals surface area contributed by atoms with Gasteiger partial charge in [-0.3, -0.25) is 0 Å². The lowest BCUT2D eigenvalue weighted by molar-refractivity contribution is -0.0184. The molecule has 0 aromatic rings. The number of ether oxygens (including phenoxy) is 2. The van der Waals surface area contributed by atoms with Crippen LogP contribution in [0.25, 0.3) is 0 Å². The van der Waals surface area contributed by atoms with Crippen LogP contribution in [0.2, 0.25) is 0 Å². The topological polar surface area (TPSA) is 30.5 Å². The second kappa shape index (κ2) is 6.17. The minimum Gasteiger partial charge on any atom is -0.378 e. The first-order chi connectivity index (χ1) is 8.28. The molecular formula is C14H27NO2. The van der Waals surface area contributed by atoms with Crippen molar-refractivity contribution in [3.05, 3.63) is 0 Å². The predicted octanol–water partition coefficient (Wildman–Crippen LogP) is 2.35. The second-order valence-corrected chi connectivity index (χ2v) is 5.70. The highest BCUT2D eigenvalue weighted by Crippen LogP contribution is 2.27. The van der Waals surface area contributed by atoms with Gasteiger partial charge in [0.2, 0.25) is 0 Å². The number of rotatable bonds is 5. The lowest BCUT2D eigenvalue weighted by Gasteiger charge is -2.32. The van der Waals surface area contributed by atoms with E-state index in [1.54, 1.807) is 0 Å². The molecular weight excluding hydrogens is 214 g/mol. The van der Waals surface area contributed by atoms with Crippen LogP contribution in [0.4, 0.5) is 0 Å². The first kappa shape index (κ1) is 13.3. The summed E-state index contributed by atoms with van der Waals surface area (Å²) in [5.74, 6) is 0.972. The quantitative estimate of drug-likeness (QED) is 0.801. The Morgan fingerprint density at radius 3 is 2.59 bits per heavy atom. The van der Waals surface area contributed by atoms with E-state index in [9.17, 15) is 0 Å². The van der Waals surface area contributed by atoms with Crippen molar-refractivity contribution in [3.8, 4) is 0 Å². The van der Waals surface area contributed by atoms with Gasteiger partial charge in [0.1, 0.15) is 5.60 Å². The molecule has 1 saturated heterocycles. The molecule has 1 atom stereocenters. The molecule has 2 aliphatic rings. The fourth-order valence-electron chi connectivity index (χ4n) is 3.07. The summed E-state index contributed by atoms with van der Waals surface area (Å²) in [6.45, 7) is 4.86. The lowest BCUT2D eigenvalue weighted by Crippen LogP contribution is -2.47. The molecule has 1 aliphatic heterocycles. The van der Waals surface area contributed by atoms with Gasteiger partial charge >= 0.3 is 0 Å². The molecule has 0 aromatic heterocycles. The average Bonchev–Trinajstić information content (AvgIpc) is 2.86. The maximum Gasteiger partial charge on any atom is 0.106 e. The van der Waals surface area contributed by atoms with E-state index in [0.717, 1.165) is 32.1 Å². The summed E-state index contributed by atoms with van der Waals surface area (Å²) in [7, 11) is 1.81. The molecule has 3 heteroatoms. The van der Waals surface area contributed by atoms with Gasteiger partial charge < -0.3 is 14.8 Å². The number of methoxy groups -OCH3 is 1. The Morgan fingerprint density at radius 1 is 1.29 bits per heavy atom. The van der Waals surface area contributed by atoms with Crippen LogP contribution in [0.3, 0.4) is 0 Å². The van der Waals surface area contributed by atoms with Gasteiger partial charge in [-0.25, -0.2) is 0 Å². The molecule has 1 unspecified atom stereocenters. The van der Waals surface area contributed by atoms with Crippen molar-refractivity contribution in [2.45, 2.75) is 57.1 Å². The molecule has 1 N–H and O–H groups in total. The zero-order valence-corrected chi connectivity index (χ0v) is 11.3. The highest BCUT2D eigenvalue weighted by molar-refractivity contribution is 4.89. The van der Waals surface area contributed by atoms with Crippen molar-refractivity contribution in [2.75, 3.05) is 26.9 Å². The molecule has 2 fully saturated rings. The van der Waals surface area contributed by atoms with Gasteiger partial charge in [0, 0.05) is 32.7 Å². The minimum absolute atomic E-state index is 0.0540. The Hall–Kier alpha value is -0.120. The second-order valence-electron chi connectivity index (χ2n) is 5.70. The summed E-state index contributed by atoms with van der Waals surface area (Å²) in [5.41, 5.74) is -0.0540. The van der Waals surface area contributed by atoms with Crippen LogP contribution in [0.5, 0.6) is 0 Å². The maximum atomic E-state index is 5.64. The van der Waals surface area contributed by atoms with Crippen LogP contribution in [0.15, 0.2) is 0 Å². The molecule has 0 aromatic carbocycles. The fraction of sp³-hybridized carbons (Fsp3) is 1.00. The number of nitrogens with one attached hydrogen (secondary N) is 1. The Bertz CT molecular complexity index is 218. The zero-order chi connectivity index (χ0) is 12.1. The Labute approximate surface area is 105 Å². The molecule has 1 saturated carbocycles. The molecule has 17 heavy (non-hydrogen) atoms. The predicted molar refractivity (Wildman–Crippen MR) is 69.2 cm³/mol. The molecule has 100 valence electrons. The summed E-state index contributed by atoms with van der Waals surface area (Å²) >= 11 is 0. The lowest BCUT2D eigenvalue weighted by atomic mass is 9.84. The van der Waals surface area contributed by atoms with Crippen molar-refractivity contribution in [1.82, 2.24) is 5.32 Å².